The molecule has 1 fully saturated rings. The highest BCUT2D eigenvalue weighted by Gasteiger charge is 2.32. The number of piperidine rings is 1. The fraction of sp³-hybridized carbons (Fsp3) is 0.643. The molecule has 0 atom stereocenters. The van der Waals surface area contributed by atoms with E-state index in [9.17, 15) is 13.2 Å². The minimum absolute atomic E-state index is 0.0407. The molecule has 118 valence electrons. The average Bonchev–Trinajstić information content (AvgIpc) is 2.97. The molecule has 0 unspecified atom stereocenters. The van der Waals surface area contributed by atoms with Gasteiger partial charge in [0, 0.05) is 30.4 Å². The van der Waals surface area contributed by atoms with Crippen LogP contribution in [0.5, 0.6) is 0 Å². The van der Waals surface area contributed by atoms with Crippen molar-refractivity contribution in [2.75, 3.05) is 19.6 Å². The third kappa shape index (κ3) is 3.64. The number of hydrogen-bond acceptors (Lipinski definition) is 4. The Labute approximate surface area is 130 Å². The molecule has 0 bridgehead atoms. The van der Waals surface area contributed by atoms with Gasteiger partial charge in [-0.05, 0) is 38.3 Å². The maximum Gasteiger partial charge on any atom is 0.252 e. The largest absolute Gasteiger partial charge is 0.356 e. The Morgan fingerprint density at radius 2 is 2.00 bits per heavy atom. The highest BCUT2D eigenvalue weighted by Crippen LogP contribution is 2.28. The quantitative estimate of drug-likeness (QED) is 0.896. The van der Waals surface area contributed by atoms with E-state index in [1.807, 2.05) is 19.9 Å². The van der Waals surface area contributed by atoms with E-state index < -0.39 is 10.0 Å². The normalized spacial score (nSPS) is 17.8. The van der Waals surface area contributed by atoms with Crippen LogP contribution in [0.1, 0.15) is 31.6 Å². The second kappa shape index (κ2) is 6.89. The van der Waals surface area contributed by atoms with Gasteiger partial charge >= 0.3 is 0 Å². The fourth-order valence-electron chi connectivity index (χ4n) is 2.49. The van der Waals surface area contributed by atoms with Crippen molar-refractivity contribution in [3.63, 3.8) is 0 Å². The van der Waals surface area contributed by atoms with E-state index in [1.54, 1.807) is 6.07 Å². The molecule has 1 saturated heterocycles. The van der Waals surface area contributed by atoms with Crippen LogP contribution in [0.4, 0.5) is 0 Å². The van der Waals surface area contributed by atoms with Crippen LogP contribution < -0.4 is 5.32 Å². The first kappa shape index (κ1) is 16.5. The molecule has 0 aromatic carbocycles. The Morgan fingerprint density at radius 1 is 1.33 bits per heavy atom. The van der Waals surface area contributed by atoms with E-state index in [-0.39, 0.29) is 11.8 Å². The van der Waals surface area contributed by atoms with Gasteiger partial charge in [-0.15, -0.1) is 11.3 Å². The third-order valence-electron chi connectivity index (χ3n) is 3.76. The zero-order valence-corrected chi connectivity index (χ0v) is 14.1. The molecule has 1 aromatic heterocycles. The van der Waals surface area contributed by atoms with Gasteiger partial charge in [0.2, 0.25) is 5.91 Å². The van der Waals surface area contributed by atoms with Crippen LogP contribution in [-0.2, 0) is 21.2 Å². The van der Waals surface area contributed by atoms with Gasteiger partial charge < -0.3 is 5.32 Å². The van der Waals surface area contributed by atoms with Crippen LogP contribution in [0, 0.1) is 5.92 Å². The number of carbonyl (C=O) groups is 1. The molecule has 1 N–H and O–H groups in total. The molecule has 7 heteroatoms. The third-order valence-corrected chi connectivity index (χ3v) is 7.35. The number of hydrogen-bond donors (Lipinski definition) is 1. The number of carbonyl (C=O) groups excluding carboxylic acids is 1. The number of nitrogens with one attached hydrogen (secondary N) is 1. The van der Waals surface area contributed by atoms with Gasteiger partial charge in [-0.1, -0.05) is 6.92 Å². The van der Waals surface area contributed by atoms with Gasteiger partial charge in [-0.25, -0.2) is 8.42 Å². The fourth-order valence-corrected chi connectivity index (χ4v) is 5.41. The SMILES string of the molecule is CCNC(=O)C1CCN(S(=O)(=O)c2ccc(CC)s2)CC1. The standard InChI is InChI=1S/C14H22N2O3S2/c1-3-12-5-6-13(20-12)21(18,19)16-9-7-11(8-10-16)14(17)15-4-2/h5-6,11H,3-4,7-10H2,1-2H3,(H,15,17). The second-order valence-corrected chi connectivity index (χ2v) is 8.48. The van der Waals surface area contributed by atoms with Gasteiger partial charge in [-0.3, -0.25) is 4.79 Å². The van der Waals surface area contributed by atoms with Crippen molar-refractivity contribution in [3.05, 3.63) is 17.0 Å². The Morgan fingerprint density at radius 3 is 2.52 bits per heavy atom. The molecule has 1 aromatic rings. The van der Waals surface area contributed by atoms with Crippen LogP contribution >= 0.6 is 11.3 Å². The van der Waals surface area contributed by atoms with Crippen molar-refractivity contribution in [2.45, 2.75) is 37.3 Å². The summed E-state index contributed by atoms with van der Waals surface area (Å²) >= 11 is 1.34. The van der Waals surface area contributed by atoms with Crippen molar-refractivity contribution in [3.8, 4) is 0 Å². The summed E-state index contributed by atoms with van der Waals surface area (Å²) in [6.45, 7) is 5.36. The molecule has 1 aliphatic rings. The van der Waals surface area contributed by atoms with Crippen molar-refractivity contribution < 1.29 is 13.2 Å². The molecule has 21 heavy (non-hydrogen) atoms. The summed E-state index contributed by atoms with van der Waals surface area (Å²) < 4.78 is 27.0. The lowest BCUT2D eigenvalue weighted by Crippen LogP contribution is -2.42. The lowest BCUT2D eigenvalue weighted by atomic mass is 9.97. The molecule has 0 aliphatic carbocycles. The van der Waals surface area contributed by atoms with E-state index in [1.165, 1.54) is 15.6 Å². The predicted octanol–water partition coefficient (Wildman–Crippen LogP) is 1.85. The van der Waals surface area contributed by atoms with E-state index in [2.05, 4.69) is 5.32 Å². The summed E-state index contributed by atoms with van der Waals surface area (Å²) in [5.41, 5.74) is 0. The van der Waals surface area contributed by atoms with Gasteiger partial charge in [-0.2, -0.15) is 4.31 Å². The summed E-state index contributed by atoms with van der Waals surface area (Å²) in [4.78, 5) is 12.9. The van der Waals surface area contributed by atoms with Crippen molar-refractivity contribution >= 4 is 27.3 Å². The smallest absolute Gasteiger partial charge is 0.252 e. The van der Waals surface area contributed by atoms with Crippen LogP contribution in [0.25, 0.3) is 0 Å². The van der Waals surface area contributed by atoms with Gasteiger partial charge in [0.15, 0.2) is 0 Å². The van der Waals surface area contributed by atoms with E-state index in [0.717, 1.165) is 11.3 Å². The number of rotatable bonds is 5. The molecule has 5 nitrogen and oxygen atoms in total. The zero-order valence-electron chi connectivity index (χ0n) is 12.5. The first-order valence-corrected chi connectivity index (χ1v) is 9.61. The first-order chi connectivity index (χ1) is 9.98. The van der Waals surface area contributed by atoms with Crippen LogP contribution in [-0.4, -0.2) is 38.3 Å². The number of thiophene rings is 1. The second-order valence-electron chi connectivity index (χ2n) is 5.15. The van der Waals surface area contributed by atoms with E-state index in [0.29, 0.717) is 36.7 Å². The number of amides is 1. The molecule has 0 saturated carbocycles. The van der Waals surface area contributed by atoms with Crippen molar-refractivity contribution in [2.24, 2.45) is 5.92 Å². The summed E-state index contributed by atoms with van der Waals surface area (Å²) in [5.74, 6) is -0.0233. The minimum atomic E-state index is -3.39. The summed E-state index contributed by atoms with van der Waals surface area (Å²) in [5, 5.41) is 2.81. The zero-order chi connectivity index (χ0) is 15.5. The Balaban J connectivity index is 2.02. The number of sulfonamides is 1. The molecule has 0 spiro atoms. The lowest BCUT2D eigenvalue weighted by molar-refractivity contribution is -0.126. The highest BCUT2D eigenvalue weighted by molar-refractivity contribution is 7.91. The maximum absolute atomic E-state index is 12.6. The Kier molecular flexibility index (Phi) is 5.40. The molecular weight excluding hydrogens is 308 g/mol. The topological polar surface area (TPSA) is 66.5 Å². The Bertz CT molecular complexity index is 587. The van der Waals surface area contributed by atoms with Gasteiger partial charge in [0.1, 0.15) is 4.21 Å². The van der Waals surface area contributed by atoms with Crippen LogP contribution in [0.3, 0.4) is 0 Å². The molecule has 0 radical (unpaired) electrons. The Hall–Kier alpha value is -0.920. The summed E-state index contributed by atoms with van der Waals surface area (Å²) in [7, 11) is -3.39. The minimum Gasteiger partial charge on any atom is -0.356 e. The van der Waals surface area contributed by atoms with Crippen LogP contribution in [0.15, 0.2) is 16.3 Å². The predicted molar refractivity (Wildman–Crippen MR) is 83.9 cm³/mol. The highest BCUT2D eigenvalue weighted by atomic mass is 32.2. The molecule has 1 aliphatic heterocycles. The van der Waals surface area contributed by atoms with Crippen molar-refractivity contribution in [1.29, 1.82) is 0 Å². The molecule has 2 heterocycles. The summed E-state index contributed by atoms with van der Waals surface area (Å²) in [6.07, 6.45) is 2.04. The van der Waals surface area contributed by atoms with Gasteiger partial charge in [0.25, 0.3) is 10.0 Å². The molecular formula is C14H22N2O3S2. The van der Waals surface area contributed by atoms with E-state index >= 15 is 0 Å². The number of aryl methyl sites for hydroxylation is 1. The van der Waals surface area contributed by atoms with Crippen molar-refractivity contribution in [1.82, 2.24) is 9.62 Å². The molecule has 2 rings (SSSR count). The monoisotopic (exact) mass is 330 g/mol. The number of nitrogens with zero attached hydrogens (tertiary/aromatic N) is 1. The van der Waals surface area contributed by atoms with Crippen LogP contribution in [0.2, 0.25) is 0 Å². The van der Waals surface area contributed by atoms with Gasteiger partial charge in [0.05, 0.1) is 0 Å². The molecule has 1 amide bonds. The lowest BCUT2D eigenvalue weighted by Gasteiger charge is -2.30. The summed E-state index contributed by atoms with van der Waals surface area (Å²) in [6, 6.07) is 3.56. The average molecular weight is 330 g/mol. The van der Waals surface area contributed by atoms with E-state index in [4.69, 9.17) is 0 Å². The maximum atomic E-state index is 12.6. The first-order valence-electron chi connectivity index (χ1n) is 7.35.